The molecule has 1 N–H and O–H groups in total. The van der Waals surface area contributed by atoms with Crippen LogP contribution < -0.4 is 4.74 Å². The number of pyridine rings is 1. The molecule has 1 fully saturated rings. The third-order valence-corrected chi connectivity index (χ3v) is 6.92. The summed E-state index contributed by atoms with van der Waals surface area (Å²) in [7, 11) is 0. The minimum atomic E-state index is -0.0251. The summed E-state index contributed by atoms with van der Waals surface area (Å²) in [6.07, 6.45) is 9.57. The molecule has 0 aliphatic carbocycles. The van der Waals surface area contributed by atoms with E-state index < -0.39 is 0 Å². The number of rotatable bonds is 8. The van der Waals surface area contributed by atoms with Crippen molar-refractivity contribution in [3.05, 3.63) is 82.1 Å². The minimum Gasteiger partial charge on any atom is -0.491 e. The molecule has 4 nitrogen and oxygen atoms in total. The van der Waals surface area contributed by atoms with Crippen molar-refractivity contribution >= 4 is 23.8 Å². The Morgan fingerprint density at radius 1 is 1.15 bits per heavy atom. The fourth-order valence-corrected chi connectivity index (χ4v) is 4.83. The molecular formula is C29H33ClN2O2. The van der Waals surface area contributed by atoms with Gasteiger partial charge in [-0.05, 0) is 79.8 Å². The van der Waals surface area contributed by atoms with Crippen LogP contribution in [0.3, 0.4) is 0 Å². The van der Waals surface area contributed by atoms with E-state index in [4.69, 9.17) is 16.3 Å². The van der Waals surface area contributed by atoms with E-state index in [-0.39, 0.29) is 13.2 Å². The number of aromatic nitrogens is 1. The van der Waals surface area contributed by atoms with Gasteiger partial charge in [0.05, 0.1) is 12.3 Å². The van der Waals surface area contributed by atoms with Crippen LogP contribution in [0, 0.1) is 6.92 Å². The Hall–Kier alpha value is -2.66. The zero-order chi connectivity index (χ0) is 23.9. The van der Waals surface area contributed by atoms with Gasteiger partial charge in [-0.15, -0.1) is 0 Å². The summed E-state index contributed by atoms with van der Waals surface area (Å²) < 4.78 is 5.93. The number of hydrogen-bond acceptors (Lipinski definition) is 4. The van der Waals surface area contributed by atoms with Crippen LogP contribution in [0.25, 0.3) is 23.3 Å². The molecule has 0 radical (unpaired) electrons. The number of halogens is 1. The van der Waals surface area contributed by atoms with Crippen molar-refractivity contribution in [2.45, 2.75) is 45.7 Å². The molecule has 0 unspecified atom stereocenters. The molecule has 1 aromatic heterocycles. The van der Waals surface area contributed by atoms with Crippen molar-refractivity contribution in [2.75, 3.05) is 19.8 Å². The van der Waals surface area contributed by atoms with Gasteiger partial charge in [0.25, 0.3) is 0 Å². The second-order valence-electron chi connectivity index (χ2n) is 8.94. The lowest BCUT2D eigenvalue weighted by Crippen LogP contribution is -2.36. The number of piperidine rings is 1. The van der Waals surface area contributed by atoms with Crippen LogP contribution >= 0.6 is 11.6 Å². The predicted octanol–water partition coefficient (Wildman–Crippen LogP) is 6.63. The maximum Gasteiger partial charge on any atom is 0.124 e. The monoisotopic (exact) mass is 476 g/mol. The Balaban J connectivity index is 1.62. The average Bonchev–Trinajstić information content (AvgIpc) is 2.85. The smallest absolute Gasteiger partial charge is 0.124 e. The van der Waals surface area contributed by atoms with E-state index in [9.17, 15) is 5.11 Å². The van der Waals surface area contributed by atoms with Gasteiger partial charge >= 0.3 is 0 Å². The van der Waals surface area contributed by atoms with Gasteiger partial charge in [0, 0.05) is 29.4 Å². The molecule has 1 atom stereocenters. The van der Waals surface area contributed by atoms with Crippen molar-refractivity contribution < 1.29 is 9.84 Å². The van der Waals surface area contributed by atoms with Gasteiger partial charge in [-0.3, -0.25) is 9.88 Å². The van der Waals surface area contributed by atoms with Gasteiger partial charge in [-0.25, -0.2) is 0 Å². The molecule has 1 aliphatic heterocycles. The lowest BCUT2D eigenvalue weighted by atomic mass is 9.99. The third-order valence-electron chi connectivity index (χ3n) is 6.59. The Kier molecular flexibility index (Phi) is 8.39. The van der Waals surface area contributed by atoms with E-state index in [1.807, 2.05) is 54.7 Å². The highest BCUT2D eigenvalue weighted by atomic mass is 35.5. The third kappa shape index (κ3) is 5.87. The molecular weight excluding hydrogens is 444 g/mol. The number of aliphatic hydroxyl groups is 1. The first-order valence-corrected chi connectivity index (χ1v) is 12.4. The number of benzene rings is 2. The number of hydrogen-bond donors (Lipinski definition) is 1. The zero-order valence-electron chi connectivity index (χ0n) is 20.0. The highest BCUT2D eigenvalue weighted by molar-refractivity contribution is 6.32. The van der Waals surface area contributed by atoms with Crippen LogP contribution in [0.15, 0.2) is 54.7 Å². The van der Waals surface area contributed by atoms with Crippen molar-refractivity contribution in [2.24, 2.45) is 0 Å². The number of ether oxygens (including phenoxy) is 1. The maximum absolute atomic E-state index is 9.32. The summed E-state index contributed by atoms with van der Waals surface area (Å²) >= 11 is 6.73. The molecule has 2 heterocycles. The van der Waals surface area contributed by atoms with Crippen molar-refractivity contribution in [3.63, 3.8) is 0 Å². The molecule has 1 aliphatic rings. The second kappa shape index (κ2) is 11.7. The summed E-state index contributed by atoms with van der Waals surface area (Å²) in [5.41, 5.74) is 6.29. The van der Waals surface area contributed by atoms with Crippen LogP contribution in [0.1, 0.15) is 48.6 Å². The molecule has 3 aromatic rings. The van der Waals surface area contributed by atoms with Crippen molar-refractivity contribution in [1.29, 1.82) is 0 Å². The molecule has 34 heavy (non-hydrogen) atoms. The lowest BCUT2D eigenvalue weighted by molar-refractivity contribution is 0.148. The normalized spacial score (nSPS) is 16.8. The molecule has 0 bridgehead atoms. The van der Waals surface area contributed by atoms with Crippen LogP contribution in [-0.2, 0) is 6.54 Å². The fourth-order valence-electron chi connectivity index (χ4n) is 4.58. The Morgan fingerprint density at radius 2 is 1.97 bits per heavy atom. The van der Waals surface area contributed by atoms with Gasteiger partial charge in [-0.1, -0.05) is 54.4 Å². The summed E-state index contributed by atoms with van der Waals surface area (Å²) in [5, 5.41) is 10.0. The van der Waals surface area contributed by atoms with Gasteiger partial charge in [0.2, 0.25) is 0 Å². The molecule has 5 heteroatoms. The Morgan fingerprint density at radius 3 is 2.74 bits per heavy atom. The highest BCUT2D eigenvalue weighted by Crippen LogP contribution is 2.32. The Bertz CT molecular complexity index is 1130. The molecule has 0 saturated carbocycles. The minimum absolute atomic E-state index is 0.0251. The van der Waals surface area contributed by atoms with Gasteiger partial charge in [0.1, 0.15) is 12.4 Å². The Labute approximate surface area is 207 Å². The summed E-state index contributed by atoms with van der Waals surface area (Å²) in [4.78, 5) is 7.07. The van der Waals surface area contributed by atoms with E-state index in [0.717, 1.165) is 41.2 Å². The summed E-state index contributed by atoms with van der Waals surface area (Å²) in [5.74, 6) is 0.776. The average molecular weight is 477 g/mol. The molecule has 178 valence electrons. The summed E-state index contributed by atoms with van der Waals surface area (Å²) in [6.45, 7) is 6.49. The molecule has 0 amide bonds. The topological polar surface area (TPSA) is 45.6 Å². The van der Waals surface area contributed by atoms with E-state index in [2.05, 4.69) is 35.9 Å². The van der Waals surface area contributed by atoms with Crippen LogP contribution in [0.4, 0.5) is 0 Å². The highest BCUT2D eigenvalue weighted by Gasteiger charge is 2.20. The van der Waals surface area contributed by atoms with E-state index >= 15 is 0 Å². The van der Waals surface area contributed by atoms with Crippen LogP contribution in [-0.4, -0.2) is 40.8 Å². The van der Waals surface area contributed by atoms with E-state index in [1.54, 1.807) is 0 Å². The first kappa shape index (κ1) is 24.5. The largest absolute Gasteiger partial charge is 0.491 e. The SMILES string of the molecule is Cc1c(-c2ccccc2)ccnc1/C=C/c1cc(OCCO)c(CN2CCCC[C@H]2C)cc1Cl. The molecule has 4 rings (SSSR count). The molecule has 0 spiro atoms. The predicted molar refractivity (Wildman–Crippen MR) is 141 cm³/mol. The quantitative estimate of drug-likeness (QED) is 0.396. The molecule has 2 aromatic carbocycles. The standard InChI is InChI=1S/C29H33ClN2O2/c1-21-8-6-7-15-32(21)20-25-18-27(30)24(19-29(25)34-17-16-33)11-12-28-22(2)26(13-14-31-28)23-9-4-3-5-10-23/h3-5,9-14,18-19,21,33H,6-8,15-17,20H2,1-2H3/b12-11+/t21-/m1/s1. The maximum atomic E-state index is 9.32. The van der Waals surface area contributed by atoms with E-state index in [1.165, 1.54) is 30.4 Å². The number of aliphatic hydroxyl groups excluding tert-OH is 1. The first-order valence-electron chi connectivity index (χ1n) is 12.1. The van der Waals surface area contributed by atoms with Gasteiger partial charge < -0.3 is 9.84 Å². The van der Waals surface area contributed by atoms with Gasteiger partial charge in [-0.2, -0.15) is 0 Å². The first-order chi connectivity index (χ1) is 16.6. The lowest BCUT2D eigenvalue weighted by Gasteiger charge is -2.33. The number of nitrogens with zero attached hydrogens (tertiary/aromatic N) is 2. The van der Waals surface area contributed by atoms with E-state index in [0.29, 0.717) is 11.1 Å². The van der Waals surface area contributed by atoms with Gasteiger partial charge in [0.15, 0.2) is 0 Å². The zero-order valence-corrected chi connectivity index (χ0v) is 20.8. The number of likely N-dealkylation sites (tertiary alicyclic amines) is 1. The van der Waals surface area contributed by atoms with Crippen LogP contribution in [0.2, 0.25) is 5.02 Å². The van der Waals surface area contributed by atoms with Crippen molar-refractivity contribution in [1.82, 2.24) is 9.88 Å². The fraction of sp³-hybridized carbons (Fsp3) is 0.345. The van der Waals surface area contributed by atoms with Crippen molar-refractivity contribution in [3.8, 4) is 16.9 Å². The second-order valence-corrected chi connectivity index (χ2v) is 9.34. The molecule has 1 saturated heterocycles. The summed E-state index contributed by atoms with van der Waals surface area (Å²) in [6, 6.07) is 16.9. The van der Waals surface area contributed by atoms with Crippen LogP contribution in [0.5, 0.6) is 5.75 Å².